The molecule has 0 radical (unpaired) electrons. The Labute approximate surface area is 185 Å². The number of aromatic nitrogens is 1. The van der Waals surface area contributed by atoms with Crippen molar-refractivity contribution < 1.29 is 27.5 Å². The lowest BCUT2D eigenvalue weighted by Crippen LogP contribution is -2.45. The summed E-state index contributed by atoms with van der Waals surface area (Å²) in [5.41, 5.74) is 1.78. The van der Waals surface area contributed by atoms with E-state index in [1.54, 1.807) is 0 Å². The van der Waals surface area contributed by atoms with E-state index in [1.165, 1.54) is 0 Å². The second-order valence-corrected chi connectivity index (χ2v) is 8.96. The minimum atomic E-state index is -4.74. The fourth-order valence-electron chi connectivity index (χ4n) is 3.96. The summed E-state index contributed by atoms with van der Waals surface area (Å²) in [7, 11) is 0. The number of rotatable bonds is 5. The van der Waals surface area contributed by atoms with E-state index < -0.39 is 23.5 Å². The van der Waals surface area contributed by atoms with E-state index >= 15 is 0 Å². The van der Waals surface area contributed by atoms with Crippen LogP contribution in [-0.4, -0.2) is 47.1 Å². The van der Waals surface area contributed by atoms with Crippen LogP contribution in [0.1, 0.15) is 22.3 Å². The molecule has 1 aliphatic heterocycles. The van der Waals surface area contributed by atoms with Gasteiger partial charge in [-0.15, -0.1) is 0 Å². The third-order valence-electron chi connectivity index (χ3n) is 5.37. The number of halogens is 4. The molecule has 2 aromatic carbocycles. The summed E-state index contributed by atoms with van der Waals surface area (Å²) in [6.07, 6.45) is -4.76. The van der Waals surface area contributed by atoms with Gasteiger partial charge in [0.1, 0.15) is 5.82 Å². The van der Waals surface area contributed by atoms with E-state index in [1.807, 2.05) is 30.0 Å². The van der Waals surface area contributed by atoms with Gasteiger partial charge in [0.25, 0.3) is 0 Å². The van der Waals surface area contributed by atoms with Crippen LogP contribution in [0.25, 0.3) is 10.2 Å². The number of anilines is 1. The van der Waals surface area contributed by atoms with Gasteiger partial charge in [0, 0.05) is 38.8 Å². The predicted octanol–water partition coefficient (Wildman–Crippen LogP) is 4.71. The summed E-state index contributed by atoms with van der Waals surface area (Å²) in [6, 6.07) is 7.50. The quantitative estimate of drug-likeness (QED) is 0.551. The minimum Gasteiger partial charge on any atom is -0.481 e. The largest absolute Gasteiger partial charge is 0.481 e. The maximum atomic E-state index is 13.8. The summed E-state index contributed by atoms with van der Waals surface area (Å²) < 4.78 is 53.1. The molecule has 0 unspecified atom stereocenters. The molecule has 2 heterocycles. The number of alkyl halides is 3. The summed E-state index contributed by atoms with van der Waals surface area (Å²) in [6.45, 7) is 5.35. The van der Waals surface area contributed by atoms with Crippen LogP contribution in [0.15, 0.2) is 30.3 Å². The molecule has 1 saturated heterocycles. The number of aliphatic carboxylic acids is 1. The summed E-state index contributed by atoms with van der Waals surface area (Å²) in [4.78, 5) is 19.6. The lowest BCUT2D eigenvalue weighted by Gasteiger charge is -2.34. The number of thiazole rings is 1. The van der Waals surface area contributed by atoms with Crippen LogP contribution in [0.3, 0.4) is 0 Å². The Hall–Kier alpha value is -2.72. The lowest BCUT2D eigenvalue weighted by atomic mass is 10.0. The SMILES string of the molecule is Cc1cc(CC(=O)O)cc(CN2CCN(c3nc4cc(F)c(C(F)(F)F)cc4s3)CC2)c1. The van der Waals surface area contributed by atoms with Gasteiger partial charge in [-0.3, -0.25) is 9.69 Å². The Morgan fingerprint density at radius 3 is 2.44 bits per heavy atom. The molecule has 0 atom stereocenters. The van der Waals surface area contributed by atoms with Gasteiger partial charge in [-0.1, -0.05) is 35.1 Å². The molecule has 170 valence electrons. The third-order valence-corrected chi connectivity index (χ3v) is 6.45. The summed E-state index contributed by atoms with van der Waals surface area (Å²) >= 11 is 1.13. The number of carboxylic acid groups (broad SMARTS) is 1. The molecular weight excluding hydrogens is 446 g/mol. The standard InChI is InChI=1S/C22H21F4N3O2S/c1-13-6-14(9-20(30)31)8-15(7-13)12-28-2-4-29(5-3-28)21-27-18-11-17(23)16(22(24,25)26)10-19(18)32-21/h6-8,10-11H,2-5,9,12H2,1H3,(H,30,31). The molecule has 0 bridgehead atoms. The number of nitrogens with zero attached hydrogens (tertiary/aromatic N) is 3. The fraction of sp³-hybridized carbons (Fsp3) is 0.364. The van der Waals surface area contributed by atoms with E-state index in [0.717, 1.165) is 53.2 Å². The van der Waals surface area contributed by atoms with Crippen molar-refractivity contribution in [2.75, 3.05) is 31.1 Å². The van der Waals surface area contributed by atoms with Crippen LogP contribution in [-0.2, 0) is 23.9 Å². The maximum absolute atomic E-state index is 13.8. The number of hydrogen-bond acceptors (Lipinski definition) is 5. The number of fused-ring (bicyclic) bond motifs is 1. The number of aryl methyl sites for hydroxylation is 1. The summed E-state index contributed by atoms with van der Waals surface area (Å²) in [5, 5.41) is 9.61. The zero-order valence-corrected chi connectivity index (χ0v) is 18.1. The van der Waals surface area contributed by atoms with Crippen molar-refractivity contribution in [1.82, 2.24) is 9.88 Å². The van der Waals surface area contributed by atoms with E-state index in [2.05, 4.69) is 9.88 Å². The van der Waals surface area contributed by atoms with Gasteiger partial charge >= 0.3 is 12.1 Å². The smallest absolute Gasteiger partial charge is 0.419 e. The Balaban J connectivity index is 1.43. The van der Waals surface area contributed by atoms with Crippen LogP contribution in [0.4, 0.5) is 22.7 Å². The second kappa shape index (κ2) is 8.67. The van der Waals surface area contributed by atoms with E-state index in [4.69, 9.17) is 5.11 Å². The Kier molecular flexibility index (Phi) is 6.09. The lowest BCUT2D eigenvalue weighted by molar-refractivity contribution is -0.140. The fourth-order valence-corrected chi connectivity index (χ4v) is 5.00. The molecule has 1 N–H and O–H groups in total. The molecule has 32 heavy (non-hydrogen) atoms. The van der Waals surface area contributed by atoms with Gasteiger partial charge in [0.05, 0.1) is 22.2 Å². The van der Waals surface area contributed by atoms with Gasteiger partial charge in [-0.25, -0.2) is 9.37 Å². The van der Waals surface area contributed by atoms with Crippen LogP contribution in [0, 0.1) is 12.7 Å². The van der Waals surface area contributed by atoms with Crippen molar-refractivity contribution in [3.05, 3.63) is 58.4 Å². The molecule has 0 spiro atoms. The molecule has 0 saturated carbocycles. The molecule has 5 nitrogen and oxygen atoms in total. The third kappa shape index (κ3) is 5.02. The van der Waals surface area contributed by atoms with Crippen LogP contribution in [0.2, 0.25) is 0 Å². The predicted molar refractivity (Wildman–Crippen MR) is 115 cm³/mol. The first-order valence-electron chi connectivity index (χ1n) is 10.0. The number of carboxylic acids is 1. The molecule has 1 fully saturated rings. The van der Waals surface area contributed by atoms with Crippen molar-refractivity contribution in [2.45, 2.75) is 26.1 Å². The van der Waals surface area contributed by atoms with Crippen molar-refractivity contribution in [3.63, 3.8) is 0 Å². The number of hydrogen-bond donors (Lipinski definition) is 1. The highest BCUT2D eigenvalue weighted by molar-refractivity contribution is 7.22. The maximum Gasteiger partial charge on any atom is 0.419 e. The minimum absolute atomic E-state index is 0.0172. The van der Waals surface area contributed by atoms with Gasteiger partial charge in [-0.05, 0) is 24.1 Å². The van der Waals surface area contributed by atoms with Crippen molar-refractivity contribution in [3.8, 4) is 0 Å². The average molecular weight is 467 g/mol. The Morgan fingerprint density at radius 1 is 1.09 bits per heavy atom. The van der Waals surface area contributed by atoms with Gasteiger partial charge in [-0.2, -0.15) is 13.2 Å². The zero-order chi connectivity index (χ0) is 23.0. The van der Waals surface area contributed by atoms with Gasteiger partial charge < -0.3 is 10.0 Å². The van der Waals surface area contributed by atoms with Crippen molar-refractivity contribution in [1.29, 1.82) is 0 Å². The van der Waals surface area contributed by atoms with E-state index in [0.29, 0.717) is 29.5 Å². The molecule has 0 aliphatic carbocycles. The van der Waals surface area contributed by atoms with Gasteiger partial charge in [0.15, 0.2) is 5.13 Å². The number of carbonyl (C=O) groups is 1. The number of piperazine rings is 1. The molecule has 0 amide bonds. The van der Waals surface area contributed by atoms with Crippen LogP contribution < -0.4 is 4.90 Å². The Morgan fingerprint density at radius 2 is 1.78 bits per heavy atom. The average Bonchev–Trinajstić information content (AvgIpc) is 3.09. The highest BCUT2D eigenvalue weighted by Crippen LogP contribution is 2.37. The molecule has 10 heteroatoms. The van der Waals surface area contributed by atoms with Crippen LogP contribution >= 0.6 is 11.3 Å². The molecule has 1 aromatic heterocycles. The molecule has 1 aliphatic rings. The topological polar surface area (TPSA) is 56.7 Å². The Bertz CT molecular complexity index is 1150. The highest BCUT2D eigenvalue weighted by atomic mass is 32.1. The first kappa shape index (κ1) is 22.5. The first-order chi connectivity index (χ1) is 15.1. The highest BCUT2D eigenvalue weighted by Gasteiger charge is 2.35. The first-order valence-corrected chi connectivity index (χ1v) is 10.9. The van der Waals surface area contributed by atoms with Crippen molar-refractivity contribution >= 4 is 32.7 Å². The monoisotopic (exact) mass is 467 g/mol. The number of benzene rings is 2. The molecule has 4 rings (SSSR count). The normalized spacial score (nSPS) is 15.5. The van der Waals surface area contributed by atoms with Crippen molar-refractivity contribution in [2.24, 2.45) is 0 Å². The zero-order valence-electron chi connectivity index (χ0n) is 17.2. The summed E-state index contributed by atoms with van der Waals surface area (Å²) in [5.74, 6) is -2.18. The van der Waals surface area contributed by atoms with E-state index in [9.17, 15) is 22.4 Å². The van der Waals surface area contributed by atoms with Crippen LogP contribution in [0.5, 0.6) is 0 Å². The van der Waals surface area contributed by atoms with Gasteiger partial charge in [0.2, 0.25) is 0 Å². The molecular formula is C22H21F4N3O2S. The van der Waals surface area contributed by atoms with E-state index in [-0.39, 0.29) is 11.9 Å². The second-order valence-electron chi connectivity index (χ2n) is 7.95. The molecule has 3 aromatic rings.